The Labute approximate surface area is 215 Å². The van der Waals surface area contributed by atoms with Gasteiger partial charge in [0.15, 0.2) is 19.7 Å². The molecule has 2 N–H and O–H groups in total. The summed E-state index contributed by atoms with van der Waals surface area (Å²) < 4.78 is 119. The fourth-order valence-electron chi connectivity index (χ4n) is 3.64. The van der Waals surface area contributed by atoms with E-state index in [2.05, 4.69) is 5.32 Å². The van der Waals surface area contributed by atoms with E-state index in [1.165, 1.54) is 18.2 Å². The third kappa shape index (κ3) is 7.49. The van der Waals surface area contributed by atoms with Crippen LogP contribution in [0.2, 0.25) is 0 Å². The van der Waals surface area contributed by atoms with Gasteiger partial charge in [-0.15, -0.1) is 0 Å². The van der Waals surface area contributed by atoms with Crippen LogP contribution in [-0.2, 0) is 30.2 Å². The molecular formula is C23H22F5N3O5S2. The van der Waals surface area contributed by atoms with E-state index in [1.807, 2.05) is 5.32 Å². The number of amides is 1. The Morgan fingerprint density at radius 3 is 2.29 bits per heavy atom. The van der Waals surface area contributed by atoms with Gasteiger partial charge in [-0.05, 0) is 36.6 Å². The molecule has 2 aromatic carbocycles. The van der Waals surface area contributed by atoms with Crippen molar-refractivity contribution in [3.63, 3.8) is 0 Å². The van der Waals surface area contributed by atoms with Crippen molar-refractivity contribution in [1.29, 1.82) is 5.26 Å². The number of benzene rings is 2. The number of carbonyl (C=O) groups excluding carboxylic acids is 1. The highest BCUT2D eigenvalue weighted by Crippen LogP contribution is 2.36. The van der Waals surface area contributed by atoms with Crippen molar-refractivity contribution in [2.75, 3.05) is 12.0 Å². The SMILES string of the molecule is CS(=O)(=O)c1cccc(CS(=O)(=O)C[C@H](N[C@H](c2ccc(F)cc2F)C(F)(F)F)C(=O)NC2(C#N)CC2)c1. The number of alkyl halides is 3. The van der Waals surface area contributed by atoms with Crippen LogP contribution in [0.25, 0.3) is 0 Å². The Morgan fingerprint density at radius 1 is 1.11 bits per heavy atom. The van der Waals surface area contributed by atoms with Crippen LogP contribution >= 0.6 is 0 Å². The molecule has 1 saturated carbocycles. The predicted molar refractivity (Wildman–Crippen MR) is 125 cm³/mol. The molecular weight excluding hydrogens is 557 g/mol. The monoisotopic (exact) mass is 579 g/mol. The van der Waals surface area contributed by atoms with Gasteiger partial charge in [-0.25, -0.2) is 25.6 Å². The van der Waals surface area contributed by atoms with Crippen LogP contribution in [0.3, 0.4) is 0 Å². The van der Waals surface area contributed by atoms with Gasteiger partial charge in [-0.3, -0.25) is 10.1 Å². The standard InChI is InChI=1S/C23H22F5N3O5S2/c1-37(33,34)16-4-2-3-14(9-16)11-38(35,36)12-19(21(32)31-22(13-29)7-8-22)30-20(23(26,27)28)17-6-5-15(24)10-18(17)25/h2-6,9-10,19-20,30H,7-8,11-12H2,1H3,(H,31,32)/t19-,20+/m0/s1. The minimum atomic E-state index is -5.24. The molecule has 206 valence electrons. The van der Waals surface area contributed by atoms with Gasteiger partial charge in [0, 0.05) is 17.9 Å². The topological polar surface area (TPSA) is 133 Å². The van der Waals surface area contributed by atoms with Crippen LogP contribution in [0.1, 0.15) is 30.0 Å². The number of nitrogens with one attached hydrogen (secondary N) is 2. The Kier molecular flexibility index (Phi) is 8.21. The number of nitriles is 1. The van der Waals surface area contributed by atoms with Gasteiger partial charge >= 0.3 is 6.18 Å². The lowest BCUT2D eigenvalue weighted by Gasteiger charge is -2.28. The van der Waals surface area contributed by atoms with E-state index in [0.29, 0.717) is 12.1 Å². The van der Waals surface area contributed by atoms with E-state index in [1.54, 1.807) is 6.07 Å². The smallest absolute Gasteiger partial charge is 0.336 e. The fraction of sp³-hybridized carbons (Fsp3) is 0.391. The van der Waals surface area contributed by atoms with E-state index < -0.39 is 78.1 Å². The number of rotatable bonds is 10. The van der Waals surface area contributed by atoms with Crippen molar-refractivity contribution < 1.29 is 43.6 Å². The first-order valence-electron chi connectivity index (χ1n) is 11.0. The third-order valence-electron chi connectivity index (χ3n) is 5.75. The van der Waals surface area contributed by atoms with Crippen LogP contribution in [0.5, 0.6) is 0 Å². The quantitative estimate of drug-likeness (QED) is 0.414. The largest absolute Gasteiger partial charge is 0.408 e. The highest BCUT2D eigenvalue weighted by atomic mass is 32.2. The van der Waals surface area contributed by atoms with Crippen molar-refractivity contribution in [1.82, 2.24) is 10.6 Å². The number of hydrogen-bond donors (Lipinski definition) is 2. The molecule has 0 radical (unpaired) electrons. The Bertz CT molecular complexity index is 1480. The average Bonchev–Trinajstić information content (AvgIpc) is 3.55. The second-order valence-electron chi connectivity index (χ2n) is 9.02. The molecule has 0 heterocycles. The lowest BCUT2D eigenvalue weighted by Crippen LogP contribution is -2.54. The third-order valence-corrected chi connectivity index (χ3v) is 8.47. The lowest BCUT2D eigenvalue weighted by atomic mass is 10.0. The molecule has 1 fully saturated rings. The number of nitrogens with zero attached hydrogens (tertiary/aromatic N) is 1. The Hall–Kier alpha value is -3.09. The molecule has 0 aliphatic heterocycles. The molecule has 38 heavy (non-hydrogen) atoms. The van der Waals surface area contributed by atoms with Crippen molar-refractivity contribution >= 4 is 25.6 Å². The maximum Gasteiger partial charge on any atom is 0.408 e. The number of halogens is 5. The van der Waals surface area contributed by atoms with E-state index >= 15 is 0 Å². The molecule has 0 unspecified atom stereocenters. The minimum absolute atomic E-state index is 0.000258. The Morgan fingerprint density at radius 2 is 1.76 bits per heavy atom. The summed E-state index contributed by atoms with van der Waals surface area (Å²) in [5.41, 5.74) is -2.43. The first kappa shape index (κ1) is 29.5. The van der Waals surface area contributed by atoms with Crippen molar-refractivity contribution in [3.05, 3.63) is 65.2 Å². The molecule has 2 aromatic rings. The van der Waals surface area contributed by atoms with Gasteiger partial charge < -0.3 is 5.32 Å². The summed E-state index contributed by atoms with van der Waals surface area (Å²) in [6, 6.07) is 2.98. The molecule has 1 amide bonds. The highest BCUT2D eigenvalue weighted by Gasteiger charge is 2.48. The zero-order chi connectivity index (χ0) is 28.5. The van der Waals surface area contributed by atoms with E-state index in [4.69, 9.17) is 0 Å². The normalized spacial score (nSPS) is 16.8. The van der Waals surface area contributed by atoms with Crippen molar-refractivity contribution in [2.24, 2.45) is 0 Å². The minimum Gasteiger partial charge on any atom is -0.336 e. The van der Waals surface area contributed by atoms with Gasteiger partial charge in [0.2, 0.25) is 5.91 Å². The molecule has 15 heteroatoms. The number of sulfone groups is 2. The molecule has 0 aromatic heterocycles. The van der Waals surface area contributed by atoms with Gasteiger partial charge in [0.1, 0.15) is 29.3 Å². The van der Waals surface area contributed by atoms with Gasteiger partial charge in [0.05, 0.1) is 22.5 Å². The lowest BCUT2D eigenvalue weighted by molar-refractivity contribution is -0.161. The summed E-state index contributed by atoms with van der Waals surface area (Å²) >= 11 is 0. The molecule has 8 nitrogen and oxygen atoms in total. The molecule has 0 bridgehead atoms. The number of hydrogen-bond acceptors (Lipinski definition) is 7. The van der Waals surface area contributed by atoms with Crippen molar-refractivity contribution in [3.8, 4) is 6.07 Å². The first-order chi connectivity index (χ1) is 17.4. The fourth-order valence-corrected chi connectivity index (χ4v) is 5.89. The zero-order valence-electron chi connectivity index (χ0n) is 19.7. The average molecular weight is 580 g/mol. The van der Waals surface area contributed by atoms with E-state index in [9.17, 15) is 48.8 Å². The zero-order valence-corrected chi connectivity index (χ0v) is 21.4. The summed E-state index contributed by atoms with van der Waals surface area (Å²) in [7, 11) is -8.09. The summed E-state index contributed by atoms with van der Waals surface area (Å²) in [5, 5.41) is 13.3. The molecule has 1 aliphatic rings. The molecule has 0 spiro atoms. The molecule has 0 saturated heterocycles. The van der Waals surface area contributed by atoms with E-state index in [0.717, 1.165) is 12.3 Å². The van der Waals surface area contributed by atoms with Gasteiger partial charge in [0.25, 0.3) is 0 Å². The van der Waals surface area contributed by atoms with Gasteiger partial charge in [-0.2, -0.15) is 18.4 Å². The first-order valence-corrected chi connectivity index (χ1v) is 14.7. The maximum absolute atomic E-state index is 14.3. The van der Waals surface area contributed by atoms with E-state index in [-0.39, 0.29) is 29.4 Å². The molecule has 2 atom stereocenters. The summed E-state index contributed by atoms with van der Waals surface area (Å²) in [4.78, 5) is 12.7. The van der Waals surface area contributed by atoms with Crippen LogP contribution in [-0.4, -0.2) is 52.5 Å². The summed E-state index contributed by atoms with van der Waals surface area (Å²) in [5.74, 6) is -6.00. The second-order valence-corrected chi connectivity index (χ2v) is 13.1. The number of carbonyl (C=O) groups is 1. The van der Waals surface area contributed by atoms with Gasteiger partial charge in [-0.1, -0.05) is 18.2 Å². The van der Waals surface area contributed by atoms with Crippen molar-refractivity contribution in [2.45, 2.75) is 47.3 Å². The van der Waals surface area contributed by atoms with Crippen LogP contribution < -0.4 is 10.6 Å². The maximum atomic E-state index is 14.3. The van der Waals surface area contributed by atoms with Crippen LogP contribution in [0, 0.1) is 23.0 Å². The summed E-state index contributed by atoms with van der Waals surface area (Å²) in [6.45, 7) is 0. The highest BCUT2D eigenvalue weighted by molar-refractivity contribution is 7.91. The second kappa shape index (κ2) is 10.6. The Balaban J connectivity index is 1.95. The van der Waals surface area contributed by atoms with Crippen LogP contribution in [0.15, 0.2) is 47.4 Å². The predicted octanol–water partition coefficient (Wildman–Crippen LogP) is 2.72. The summed E-state index contributed by atoms with van der Waals surface area (Å²) in [6.07, 6.45) is -3.94. The van der Waals surface area contributed by atoms with Crippen LogP contribution in [0.4, 0.5) is 22.0 Å². The molecule has 3 rings (SSSR count). The molecule has 1 aliphatic carbocycles.